The normalized spacial score (nSPS) is 13.0. The van der Waals surface area contributed by atoms with Crippen LogP contribution in [-0.2, 0) is 14.4 Å². The van der Waals surface area contributed by atoms with E-state index in [0.717, 1.165) is 0 Å². The van der Waals surface area contributed by atoms with Gasteiger partial charge in [0.15, 0.2) is 0 Å². The topological polar surface area (TPSA) is 317 Å². The fraction of sp³-hybridized carbons (Fsp3) is 0.667. The van der Waals surface area contributed by atoms with Crippen LogP contribution in [0.5, 0.6) is 0 Å². The van der Waals surface area contributed by atoms with E-state index in [2.05, 4.69) is 25.6 Å². The fourth-order valence-electron chi connectivity index (χ4n) is 2.82. The van der Waals surface area contributed by atoms with E-state index in [1.807, 2.05) is 0 Å². The molecule has 3 atom stereocenters. The summed E-state index contributed by atoms with van der Waals surface area (Å²) in [5, 5.41) is 14.4. The van der Waals surface area contributed by atoms with Crippen LogP contribution in [0.3, 0.4) is 0 Å². The SMILES string of the molecule is [NH]C(CCC[NH+]=C(N)N)C(=O)NC(CCC[NH+]=C(N)N)C(=O)NC(CCC[NH+]=C(N)N)C(=O)O. The zero-order chi connectivity index (χ0) is 26.1. The first-order valence-electron chi connectivity index (χ1n) is 10.8. The highest BCUT2D eigenvalue weighted by atomic mass is 16.4. The van der Waals surface area contributed by atoms with E-state index in [4.69, 9.17) is 40.1 Å². The molecule has 19 N–H and O–H groups in total. The van der Waals surface area contributed by atoms with Gasteiger partial charge in [-0.3, -0.25) is 59.0 Å². The Labute approximate surface area is 197 Å². The molecule has 0 heterocycles. The van der Waals surface area contributed by atoms with E-state index in [9.17, 15) is 19.5 Å². The second-order valence-electron chi connectivity index (χ2n) is 7.59. The monoisotopic (exact) mass is 488 g/mol. The van der Waals surface area contributed by atoms with Crippen molar-refractivity contribution in [2.75, 3.05) is 19.6 Å². The number of aliphatic carboxylic acids is 1. The third-order valence-electron chi connectivity index (χ3n) is 4.56. The molecule has 0 aliphatic carbocycles. The minimum absolute atomic E-state index is 0.00742. The summed E-state index contributed by atoms with van der Waals surface area (Å²) in [6.45, 7) is 1.05. The molecule has 0 fully saturated rings. The summed E-state index contributed by atoms with van der Waals surface area (Å²) in [6, 6.07) is -3.38. The molecule has 0 saturated carbocycles. The van der Waals surface area contributed by atoms with Gasteiger partial charge in [-0.1, -0.05) is 0 Å². The van der Waals surface area contributed by atoms with Crippen molar-refractivity contribution in [3.63, 3.8) is 0 Å². The lowest BCUT2D eigenvalue weighted by molar-refractivity contribution is -0.460. The number of nitrogens with one attached hydrogen (secondary N) is 6. The smallest absolute Gasteiger partial charge is 0.338 e. The highest BCUT2D eigenvalue weighted by Gasteiger charge is 2.27. The maximum atomic E-state index is 12.8. The number of carboxylic acids is 1. The number of hydrogen-bond acceptors (Lipinski definition) is 3. The zero-order valence-corrected chi connectivity index (χ0v) is 19.2. The van der Waals surface area contributed by atoms with Gasteiger partial charge in [0.05, 0.1) is 19.6 Å². The average Bonchev–Trinajstić information content (AvgIpc) is 2.74. The zero-order valence-electron chi connectivity index (χ0n) is 19.2. The molecule has 1 radical (unpaired) electrons. The van der Waals surface area contributed by atoms with Gasteiger partial charge in [-0.15, -0.1) is 0 Å². The van der Waals surface area contributed by atoms with E-state index in [-0.39, 0.29) is 37.1 Å². The van der Waals surface area contributed by atoms with Crippen LogP contribution >= 0.6 is 0 Å². The second-order valence-corrected chi connectivity index (χ2v) is 7.59. The predicted octanol–water partition coefficient (Wildman–Crippen LogP) is -9.91. The van der Waals surface area contributed by atoms with E-state index in [1.54, 1.807) is 0 Å². The lowest BCUT2D eigenvalue weighted by atomic mass is 10.1. The van der Waals surface area contributed by atoms with Gasteiger partial charge in [-0.05, 0) is 38.5 Å². The molecule has 193 valence electrons. The molecule has 0 aromatic heterocycles. The Morgan fingerprint density at radius 1 is 0.676 bits per heavy atom. The molecule has 2 amide bonds. The van der Waals surface area contributed by atoms with Gasteiger partial charge in [-0.25, -0.2) is 10.5 Å². The van der Waals surface area contributed by atoms with Gasteiger partial charge >= 0.3 is 23.8 Å². The van der Waals surface area contributed by atoms with E-state index in [0.29, 0.717) is 38.9 Å². The Morgan fingerprint density at radius 2 is 1.06 bits per heavy atom. The van der Waals surface area contributed by atoms with Crippen molar-refractivity contribution in [1.29, 1.82) is 0 Å². The number of carbonyl (C=O) groups is 3. The summed E-state index contributed by atoms with van der Waals surface area (Å²) in [5.74, 6) is -2.50. The summed E-state index contributed by atoms with van der Waals surface area (Å²) < 4.78 is 0. The van der Waals surface area contributed by atoms with E-state index in [1.165, 1.54) is 0 Å². The molecule has 0 aromatic carbocycles. The van der Waals surface area contributed by atoms with Crippen LogP contribution in [0.2, 0.25) is 0 Å². The second kappa shape index (κ2) is 16.8. The maximum Gasteiger partial charge on any atom is 0.338 e. The molecule has 3 unspecified atom stereocenters. The van der Waals surface area contributed by atoms with Crippen LogP contribution in [0.4, 0.5) is 0 Å². The molecule has 16 nitrogen and oxygen atoms in total. The first-order valence-corrected chi connectivity index (χ1v) is 10.8. The van der Waals surface area contributed by atoms with Crippen molar-refractivity contribution >= 4 is 35.7 Å². The fourth-order valence-corrected chi connectivity index (χ4v) is 2.82. The minimum atomic E-state index is -1.22. The molecule has 0 spiro atoms. The lowest BCUT2D eigenvalue weighted by Crippen LogP contribution is -2.78. The van der Waals surface area contributed by atoms with Crippen LogP contribution in [0.25, 0.3) is 0 Å². The summed E-state index contributed by atoms with van der Waals surface area (Å²) in [7, 11) is 0. The standard InChI is InChI=1S/C18H37N12O4/c19-10(4-1-7-26-16(20)21)13(31)29-11(5-2-8-27-17(22)23)14(32)30-12(15(33)34)6-3-9-28-18(24)25/h10-12,19H,1-9H2,(H,29,31)(H,30,32)(H,33,34)(H4,20,21,26)(H4,22,23,27)(H4,24,25,28)/p+3. The molecule has 0 aliphatic heterocycles. The Hall–Kier alpha value is -3.82. The Morgan fingerprint density at radius 3 is 1.47 bits per heavy atom. The predicted molar refractivity (Wildman–Crippen MR) is 124 cm³/mol. The Bertz CT molecular complexity index is 743. The van der Waals surface area contributed by atoms with Crippen LogP contribution < -0.4 is 65.7 Å². The molecule has 0 aliphatic rings. The van der Waals surface area contributed by atoms with Crippen molar-refractivity contribution in [2.45, 2.75) is 56.7 Å². The number of guanidine groups is 3. The van der Waals surface area contributed by atoms with Crippen LogP contribution in [0.1, 0.15) is 38.5 Å². The van der Waals surface area contributed by atoms with Crippen molar-refractivity contribution in [2.24, 2.45) is 34.4 Å². The highest BCUT2D eigenvalue weighted by Crippen LogP contribution is 2.03. The third kappa shape index (κ3) is 15.1. The van der Waals surface area contributed by atoms with Gasteiger partial charge in [-0.2, -0.15) is 0 Å². The van der Waals surface area contributed by atoms with E-state index >= 15 is 0 Å². The van der Waals surface area contributed by atoms with Crippen LogP contribution in [-0.4, -0.2) is 78.5 Å². The number of rotatable bonds is 17. The number of nitrogens with two attached hydrogens (primary N) is 6. The molecule has 0 bridgehead atoms. The van der Waals surface area contributed by atoms with Crippen LogP contribution in [0.15, 0.2) is 0 Å². The van der Waals surface area contributed by atoms with Gasteiger partial charge in [0.1, 0.15) is 18.1 Å². The highest BCUT2D eigenvalue weighted by molar-refractivity contribution is 5.91. The summed E-state index contributed by atoms with van der Waals surface area (Å²) >= 11 is 0. The van der Waals surface area contributed by atoms with Gasteiger partial charge in [0.25, 0.3) is 0 Å². The number of carbonyl (C=O) groups excluding carboxylic acids is 2. The first kappa shape index (κ1) is 30.2. The number of hydrogen-bond donors (Lipinski definition) is 12. The van der Waals surface area contributed by atoms with Crippen molar-refractivity contribution in [3.8, 4) is 0 Å². The quantitative estimate of drug-likeness (QED) is 0.0520. The molecular formula is C18H40N12O4+3. The first-order chi connectivity index (χ1) is 15.9. The van der Waals surface area contributed by atoms with Crippen molar-refractivity contribution in [3.05, 3.63) is 0 Å². The molecule has 0 saturated heterocycles. The number of amides is 2. The summed E-state index contributed by atoms with van der Waals surface area (Å²) in [4.78, 5) is 44.9. The molecule has 0 aromatic rings. The Balaban J connectivity index is 5.10. The van der Waals surface area contributed by atoms with Crippen molar-refractivity contribution in [1.82, 2.24) is 16.4 Å². The molecule has 0 rings (SSSR count). The summed E-state index contributed by atoms with van der Waals surface area (Å²) in [5.41, 5.74) is 39.9. The molecule has 34 heavy (non-hydrogen) atoms. The summed E-state index contributed by atoms with van der Waals surface area (Å²) in [6.07, 6.45) is 1.68. The Kier molecular flexibility index (Phi) is 14.9. The largest absolute Gasteiger partial charge is 0.480 e. The lowest BCUT2D eigenvalue weighted by Gasteiger charge is -2.22. The minimum Gasteiger partial charge on any atom is -0.480 e. The van der Waals surface area contributed by atoms with Crippen LogP contribution in [0, 0.1) is 0 Å². The maximum absolute atomic E-state index is 12.8. The van der Waals surface area contributed by atoms with Gasteiger partial charge < -0.3 is 15.7 Å². The number of carboxylic acid groups (broad SMARTS) is 1. The van der Waals surface area contributed by atoms with E-state index < -0.39 is 35.9 Å². The van der Waals surface area contributed by atoms with Gasteiger partial charge in [0.2, 0.25) is 11.8 Å². The third-order valence-corrected chi connectivity index (χ3v) is 4.56. The average molecular weight is 489 g/mol. The van der Waals surface area contributed by atoms with Gasteiger partial charge in [0, 0.05) is 0 Å². The van der Waals surface area contributed by atoms with Crippen molar-refractivity contribution < 1.29 is 34.5 Å². The molecule has 16 heteroatoms. The molecular weight excluding hydrogens is 448 g/mol.